The SMILES string of the molecule is COc1cc(C#Cc2cc3c(cc2C#CCBr)OCCO3)cc(OC)c1. The van der Waals surface area contributed by atoms with E-state index in [1.165, 1.54) is 0 Å². The average molecular weight is 413 g/mol. The Morgan fingerprint density at radius 1 is 0.846 bits per heavy atom. The van der Waals surface area contributed by atoms with Crippen LogP contribution in [0.4, 0.5) is 0 Å². The normalized spacial score (nSPS) is 11.5. The minimum absolute atomic E-state index is 0.527. The van der Waals surface area contributed by atoms with E-state index in [2.05, 4.69) is 39.6 Å². The van der Waals surface area contributed by atoms with Crippen molar-refractivity contribution in [2.45, 2.75) is 0 Å². The van der Waals surface area contributed by atoms with Crippen molar-refractivity contribution in [3.63, 3.8) is 0 Å². The van der Waals surface area contributed by atoms with Gasteiger partial charge in [0.15, 0.2) is 11.5 Å². The Morgan fingerprint density at radius 3 is 1.96 bits per heavy atom. The largest absolute Gasteiger partial charge is 0.497 e. The van der Waals surface area contributed by atoms with E-state index >= 15 is 0 Å². The summed E-state index contributed by atoms with van der Waals surface area (Å²) >= 11 is 3.32. The van der Waals surface area contributed by atoms with Gasteiger partial charge in [-0.1, -0.05) is 39.6 Å². The van der Waals surface area contributed by atoms with Crippen molar-refractivity contribution < 1.29 is 18.9 Å². The van der Waals surface area contributed by atoms with Crippen molar-refractivity contribution >= 4 is 15.9 Å². The first-order valence-electron chi connectivity index (χ1n) is 7.97. The summed E-state index contributed by atoms with van der Waals surface area (Å²) < 4.78 is 21.9. The molecule has 26 heavy (non-hydrogen) atoms. The van der Waals surface area contributed by atoms with Gasteiger partial charge in [0, 0.05) is 34.9 Å². The molecule has 0 radical (unpaired) electrons. The van der Waals surface area contributed by atoms with Gasteiger partial charge in [0.05, 0.1) is 19.5 Å². The number of alkyl halides is 1. The first-order chi connectivity index (χ1) is 12.7. The Morgan fingerprint density at radius 2 is 1.42 bits per heavy atom. The third kappa shape index (κ3) is 4.25. The van der Waals surface area contributed by atoms with Gasteiger partial charge in [-0.2, -0.15) is 0 Å². The molecular weight excluding hydrogens is 396 g/mol. The van der Waals surface area contributed by atoms with E-state index in [0.717, 1.165) is 16.7 Å². The molecule has 132 valence electrons. The highest BCUT2D eigenvalue weighted by atomic mass is 79.9. The zero-order valence-electron chi connectivity index (χ0n) is 14.5. The molecule has 0 unspecified atom stereocenters. The number of ether oxygens (including phenoxy) is 4. The van der Waals surface area contributed by atoms with Gasteiger partial charge in [-0.25, -0.2) is 0 Å². The molecular formula is C21H17BrO4. The fourth-order valence-corrected chi connectivity index (χ4v) is 2.58. The minimum atomic E-state index is 0.527. The maximum absolute atomic E-state index is 5.66. The van der Waals surface area contributed by atoms with Crippen LogP contribution >= 0.6 is 15.9 Å². The fraction of sp³-hybridized carbons (Fsp3) is 0.238. The molecule has 0 saturated carbocycles. The Bertz CT molecular complexity index is 906. The van der Waals surface area contributed by atoms with Crippen LogP contribution in [0.1, 0.15) is 16.7 Å². The Labute approximate surface area is 161 Å². The second-order valence-corrected chi connectivity index (χ2v) is 5.89. The number of fused-ring (bicyclic) bond motifs is 1. The number of halogens is 1. The quantitative estimate of drug-likeness (QED) is 0.557. The third-order valence-electron chi connectivity index (χ3n) is 3.67. The summed E-state index contributed by atoms with van der Waals surface area (Å²) in [6.07, 6.45) is 0. The first-order valence-corrected chi connectivity index (χ1v) is 9.09. The van der Waals surface area contributed by atoms with Crippen LogP contribution in [-0.4, -0.2) is 32.8 Å². The summed E-state index contributed by atoms with van der Waals surface area (Å²) in [6.45, 7) is 1.06. The number of methoxy groups -OCH3 is 2. The monoisotopic (exact) mass is 412 g/mol. The van der Waals surface area contributed by atoms with Gasteiger partial charge in [0.1, 0.15) is 24.7 Å². The molecule has 0 N–H and O–H groups in total. The first kappa shape index (κ1) is 18.0. The molecule has 2 aromatic rings. The van der Waals surface area contributed by atoms with Crippen LogP contribution in [0.25, 0.3) is 0 Å². The molecule has 1 heterocycles. The third-order valence-corrected chi connectivity index (χ3v) is 3.95. The van der Waals surface area contributed by atoms with Gasteiger partial charge >= 0.3 is 0 Å². The van der Waals surface area contributed by atoms with Crippen LogP contribution in [0.15, 0.2) is 30.3 Å². The molecule has 4 nitrogen and oxygen atoms in total. The van der Waals surface area contributed by atoms with Crippen LogP contribution in [-0.2, 0) is 0 Å². The van der Waals surface area contributed by atoms with Crippen LogP contribution in [0.5, 0.6) is 23.0 Å². The number of hydrogen-bond acceptors (Lipinski definition) is 4. The maximum Gasteiger partial charge on any atom is 0.162 e. The standard InChI is InChI=1S/C21H17BrO4/c1-23-18-10-15(11-19(14-18)24-2)5-6-17-13-21-20(25-8-9-26-21)12-16(17)4-3-7-22/h10-14H,7-9H2,1-2H3. The van der Waals surface area contributed by atoms with E-state index in [9.17, 15) is 0 Å². The van der Waals surface area contributed by atoms with Crippen LogP contribution in [0.2, 0.25) is 0 Å². The number of benzene rings is 2. The summed E-state index contributed by atoms with van der Waals surface area (Å²) in [4.78, 5) is 0. The zero-order valence-corrected chi connectivity index (χ0v) is 16.1. The van der Waals surface area contributed by atoms with E-state index in [4.69, 9.17) is 18.9 Å². The summed E-state index contributed by atoms with van der Waals surface area (Å²) in [7, 11) is 3.22. The zero-order chi connectivity index (χ0) is 18.4. The highest BCUT2D eigenvalue weighted by molar-refractivity contribution is 9.09. The van der Waals surface area contributed by atoms with Crippen LogP contribution < -0.4 is 18.9 Å². The molecule has 0 aromatic heterocycles. The molecule has 1 aliphatic rings. The van der Waals surface area contributed by atoms with E-state index < -0.39 is 0 Å². The molecule has 0 fully saturated rings. The molecule has 2 aromatic carbocycles. The molecule has 0 spiro atoms. The number of hydrogen-bond donors (Lipinski definition) is 0. The fourth-order valence-electron chi connectivity index (χ4n) is 2.44. The van der Waals surface area contributed by atoms with Crippen LogP contribution in [0.3, 0.4) is 0 Å². The Kier molecular flexibility index (Phi) is 5.94. The Balaban J connectivity index is 2.03. The predicted molar refractivity (Wildman–Crippen MR) is 104 cm³/mol. The van der Waals surface area contributed by atoms with Crippen molar-refractivity contribution in [3.05, 3.63) is 47.0 Å². The van der Waals surface area contributed by atoms with Gasteiger partial charge < -0.3 is 18.9 Å². The Hall–Kier alpha value is -2.76. The highest BCUT2D eigenvalue weighted by Crippen LogP contribution is 2.33. The molecule has 0 aliphatic carbocycles. The molecule has 3 rings (SSSR count). The van der Waals surface area contributed by atoms with Gasteiger partial charge in [-0.3, -0.25) is 0 Å². The van der Waals surface area contributed by atoms with Gasteiger partial charge in [-0.05, 0) is 12.1 Å². The molecule has 5 heteroatoms. The topological polar surface area (TPSA) is 36.9 Å². The van der Waals surface area contributed by atoms with Crippen molar-refractivity contribution in [3.8, 4) is 46.7 Å². The van der Waals surface area contributed by atoms with Gasteiger partial charge in [-0.15, -0.1) is 0 Å². The smallest absolute Gasteiger partial charge is 0.162 e. The molecule has 0 amide bonds. The van der Waals surface area contributed by atoms with E-state index in [-0.39, 0.29) is 0 Å². The van der Waals surface area contributed by atoms with Gasteiger partial charge in [0.2, 0.25) is 0 Å². The second kappa shape index (κ2) is 8.56. The number of rotatable bonds is 2. The predicted octanol–water partition coefficient (Wildman–Crippen LogP) is 3.62. The lowest BCUT2D eigenvalue weighted by molar-refractivity contribution is 0.171. The lowest BCUT2D eigenvalue weighted by Gasteiger charge is -2.19. The van der Waals surface area contributed by atoms with Crippen molar-refractivity contribution in [1.29, 1.82) is 0 Å². The maximum atomic E-state index is 5.66. The van der Waals surface area contributed by atoms with E-state index in [1.807, 2.05) is 30.3 Å². The summed E-state index contributed by atoms with van der Waals surface area (Å²) in [5, 5.41) is 0.585. The van der Waals surface area contributed by atoms with Crippen LogP contribution in [0, 0.1) is 23.7 Å². The summed E-state index contributed by atoms with van der Waals surface area (Å²) in [5.41, 5.74) is 2.37. The lowest BCUT2D eigenvalue weighted by atomic mass is 10.1. The molecule has 0 atom stereocenters. The average Bonchev–Trinajstić information content (AvgIpc) is 2.69. The second-order valence-electron chi connectivity index (χ2n) is 5.33. The molecule has 0 saturated heterocycles. The highest BCUT2D eigenvalue weighted by Gasteiger charge is 2.14. The van der Waals surface area contributed by atoms with Crippen molar-refractivity contribution in [2.75, 3.05) is 32.8 Å². The van der Waals surface area contributed by atoms with E-state index in [1.54, 1.807) is 14.2 Å². The molecule has 1 aliphatic heterocycles. The minimum Gasteiger partial charge on any atom is -0.497 e. The van der Waals surface area contributed by atoms with Crippen molar-refractivity contribution in [2.24, 2.45) is 0 Å². The lowest BCUT2D eigenvalue weighted by Crippen LogP contribution is -2.15. The van der Waals surface area contributed by atoms with Gasteiger partial charge in [0.25, 0.3) is 0 Å². The summed E-state index contributed by atoms with van der Waals surface area (Å²) in [5.74, 6) is 15.2. The van der Waals surface area contributed by atoms with E-state index in [0.29, 0.717) is 41.5 Å². The van der Waals surface area contributed by atoms with Crippen molar-refractivity contribution in [1.82, 2.24) is 0 Å². The summed E-state index contributed by atoms with van der Waals surface area (Å²) in [6, 6.07) is 9.27. The molecule has 0 bridgehead atoms.